The van der Waals surface area contributed by atoms with Crippen LogP contribution in [0, 0.1) is 5.92 Å². The Balaban J connectivity index is 0. The third kappa shape index (κ3) is 3.92. The normalized spacial score (nSPS) is 12.4. The summed E-state index contributed by atoms with van der Waals surface area (Å²) in [6.45, 7) is 5.54. The van der Waals surface area contributed by atoms with Gasteiger partial charge in [0.1, 0.15) is 0 Å². The van der Waals surface area contributed by atoms with Crippen LogP contribution in [0.5, 0.6) is 0 Å². The van der Waals surface area contributed by atoms with Gasteiger partial charge in [0.05, 0.1) is 13.2 Å². The van der Waals surface area contributed by atoms with Crippen LogP contribution in [0.2, 0.25) is 0 Å². The van der Waals surface area contributed by atoms with Crippen molar-refractivity contribution in [2.24, 2.45) is 5.92 Å². The summed E-state index contributed by atoms with van der Waals surface area (Å²) < 4.78 is 4.42. The number of nitrogens with one attached hydrogen (secondary N) is 1. The number of carbonyl (C=O) groups is 2. The molecular formula is C9H19NO3. The quantitative estimate of drug-likeness (QED) is 0.730. The predicted molar refractivity (Wildman–Crippen MR) is 51.6 cm³/mol. The standard InChI is InChI=1S/C9H17NO3.H2/c1-5-7(11)8(6(2)3)10-9(12)13-4;/h6,8H,5H2,1-4H3,(H,10,12);1H/t8-;/m0./s1. The number of alkyl carbamates (subject to hydrolysis) is 1. The topological polar surface area (TPSA) is 55.4 Å². The summed E-state index contributed by atoms with van der Waals surface area (Å²) in [4.78, 5) is 22.2. The van der Waals surface area contributed by atoms with Gasteiger partial charge in [-0.1, -0.05) is 20.8 Å². The number of ketones is 1. The molecule has 0 aliphatic carbocycles. The molecule has 13 heavy (non-hydrogen) atoms. The van der Waals surface area contributed by atoms with Gasteiger partial charge in [0.2, 0.25) is 0 Å². The third-order valence-corrected chi connectivity index (χ3v) is 1.82. The maximum atomic E-state index is 11.3. The molecule has 0 unspecified atom stereocenters. The fraction of sp³-hybridized carbons (Fsp3) is 0.778. The molecule has 0 aliphatic rings. The lowest BCUT2D eigenvalue weighted by atomic mass is 9.99. The van der Waals surface area contributed by atoms with Crippen LogP contribution in [0.3, 0.4) is 0 Å². The zero-order valence-corrected chi connectivity index (χ0v) is 8.59. The van der Waals surface area contributed by atoms with Crippen LogP contribution in [0.25, 0.3) is 0 Å². The molecule has 4 heteroatoms. The van der Waals surface area contributed by atoms with E-state index >= 15 is 0 Å². The van der Waals surface area contributed by atoms with Gasteiger partial charge < -0.3 is 10.1 Å². The van der Waals surface area contributed by atoms with Gasteiger partial charge >= 0.3 is 6.09 Å². The molecule has 4 nitrogen and oxygen atoms in total. The molecule has 1 N–H and O–H groups in total. The summed E-state index contributed by atoms with van der Waals surface area (Å²) >= 11 is 0. The molecule has 0 rings (SSSR count). The summed E-state index contributed by atoms with van der Waals surface area (Å²) in [6, 6.07) is -0.433. The van der Waals surface area contributed by atoms with Crippen LogP contribution in [0.1, 0.15) is 28.6 Å². The number of Topliss-reactive ketones (excluding diaryl/α,β-unsaturated/α-hetero) is 1. The van der Waals surface area contributed by atoms with E-state index < -0.39 is 12.1 Å². The van der Waals surface area contributed by atoms with Gasteiger partial charge in [-0.25, -0.2) is 4.79 Å². The van der Waals surface area contributed by atoms with Crippen LogP contribution in [0.15, 0.2) is 0 Å². The first-order chi connectivity index (χ1) is 6.02. The molecule has 1 amide bonds. The lowest BCUT2D eigenvalue weighted by Gasteiger charge is -2.19. The summed E-state index contributed by atoms with van der Waals surface area (Å²) in [5.74, 6) is 0.118. The van der Waals surface area contributed by atoms with E-state index in [0.717, 1.165) is 0 Å². The third-order valence-electron chi connectivity index (χ3n) is 1.82. The Morgan fingerprint density at radius 3 is 2.31 bits per heavy atom. The Kier molecular flexibility index (Phi) is 5.11. The molecule has 0 aromatic heterocycles. The first kappa shape index (κ1) is 11.9. The lowest BCUT2D eigenvalue weighted by molar-refractivity contribution is -0.121. The van der Waals surface area contributed by atoms with E-state index in [2.05, 4.69) is 10.1 Å². The molecule has 0 bridgehead atoms. The van der Waals surface area contributed by atoms with E-state index in [-0.39, 0.29) is 13.1 Å². The molecular weight excluding hydrogens is 170 g/mol. The molecule has 0 aromatic carbocycles. The molecule has 0 saturated carbocycles. The maximum Gasteiger partial charge on any atom is 0.407 e. The van der Waals surface area contributed by atoms with Crippen molar-refractivity contribution in [3.05, 3.63) is 0 Å². The minimum atomic E-state index is -0.555. The van der Waals surface area contributed by atoms with Crippen molar-refractivity contribution in [3.8, 4) is 0 Å². The minimum Gasteiger partial charge on any atom is -0.453 e. The number of hydrogen-bond acceptors (Lipinski definition) is 3. The highest BCUT2D eigenvalue weighted by molar-refractivity contribution is 5.87. The van der Waals surface area contributed by atoms with Crippen LogP contribution < -0.4 is 5.32 Å². The molecule has 0 spiro atoms. The van der Waals surface area contributed by atoms with Crippen molar-refractivity contribution in [3.63, 3.8) is 0 Å². The van der Waals surface area contributed by atoms with Crippen LogP contribution in [-0.2, 0) is 9.53 Å². The molecule has 0 aromatic rings. The van der Waals surface area contributed by atoms with Gasteiger partial charge in [-0.15, -0.1) is 0 Å². The Bertz CT molecular complexity index is 194. The molecule has 1 atom stereocenters. The van der Waals surface area contributed by atoms with Gasteiger partial charge in [0, 0.05) is 7.85 Å². The van der Waals surface area contributed by atoms with E-state index in [4.69, 9.17) is 0 Å². The second-order valence-corrected chi connectivity index (χ2v) is 3.18. The SMILES string of the molecule is CCC(=O)[C@@H](NC(=O)OC)C(C)C.[HH]. The highest BCUT2D eigenvalue weighted by atomic mass is 16.5. The fourth-order valence-corrected chi connectivity index (χ4v) is 1.02. The van der Waals surface area contributed by atoms with E-state index in [1.165, 1.54) is 7.11 Å². The second kappa shape index (κ2) is 5.56. The monoisotopic (exact) mass is 189 g/mol. The average molecular weight is 189 g/mol. The Morgan fingerprint density at radius 1 is 1.46 bits per heavy atom. The van der Waals surface area contributed by atoms with Gasteiger partial charge in [0.15, 0.2) is 5.78 Å². The molecule has 0 saturated heterocycles. The van der Waals surface area contributed by atoms with Crippen LogP contribution in [0.4, 0.5) is 4.79 Å². The molecule has 78 valence electrons. The highest BCUT2D eigenvalue weighted by Gasteiger charge is 2.22. The second-order valence-electron chi connectivity index (χ2n) is 3.18. The minimum absolute atomic E-state index is 0. The molecule has 0 aliphatic heterocycles. The summed E-state index contributed by atoms with van der Waals surface area (Å²) in [5.41, 5.74) is 0. The van der Waals surface area contributed by atoms with Crippen molar-refractivity contribution in [1.29, 1.82) is 0 Å². The first-order valence-electron chi connectivity index (χ1n) is 4.40. The zero-order chi connectivity index (χ0) is 10.4. The van der Waals surface area contributed by atoms with Gasteiger partial charge in [-0.05, 0) is 5.92 Å². The van der Waals surface area contributed by atoms with E-state index in [1.54, 1.807) is 6.92 Å². The lowest BCUT2D eigenvalue weighted by Crippen LogP contribution is -2.44. The van der Waals surface area contributed by atoms with Crippen molar-refractivity contribution < 1.29 is 15.8 Å². The van der Waals surface area contributed by atoms with Crippen molar-refractivity contribution in [1.82, 2.24) is 5.32 Å². The summed E-state index contributed by atoms with van der Waals surface area (Å²) in [5, 5.41) is 2.51. The molecule has 0 radical (unpaired) electrons. The highest BCUT2D eigenvalue weighted by Crippen LogP contribution is 2.05. The average Bonchev–Trinajstić information content (AvgIpc) is 2.11. The van der Waals surface area contributed by atoms with Crippen LogP contribution >= 0.6 is 0 Å². The van der Waals surface area contributed by atoms with Crippen molar-refractivity contribution in [2.45, 2.75) is 33.2 Å². The Hall–Kier alpha value is -1.06. The predicted octanol–water partition coefficient (Wildman–Crippen LogP) is 1.59. The summed E-state index contributed by atoms with van der Waals surface area (Å²) in [6.07, 6.45) is -0.132. The van der Waals surface area contributed by atoms with Crippen molar-refractivity contribution in [2.75, 3.05) is 7.11 Å². The zero-order valence-electron chi connectivity index (χ0n) is 8.59. The number of methoxy groups -OCH3 is 1. The van der Waals surface area contributed by atoms with Crippen LogP contribution in [-0.4, -0.2) is 25.0 Å². The fourth-order valence-electron chi connectivity index (χ4n) is 1.02. The van der Waals surface area contributed by atoms with E-state index in [0.29, 0.717) is 6.42 Å². The smallest absolute Gasteiger partial charge is 0.407 e. The number of rotatable bonds is 4. The van der Waals surface area contributed by atoms with Gasteiger partial charge in [-0.3, -0.25) is 4.79 Å². The molecule has 0 heterocycles. The van der Waals surface area contributed by atoms with Gasteiger partial charge in [0.25, 0.3) is 0 Å². The summed E-state index contributed by atoms with van der Waals surface area (Å²) in [7, 11) is 1.28. The maximum absolute atomic E-state index is 11.3. The molecule has 0 fully saturated rings. The largest absolute Gasteiger partial charge is 0.453 e. The van der Waals surface area contributed by atoms with E-state index in [1.807, 2.05) is 13.8 Å². The van der Waals surface area contributed by atoms with Crippen molar-refractivity contribution >= 4 is 11.9 Å². The number of carbonyl (C=O) groups excluding carboxylic acids is 2. The Labute approximate surface area is 80.1 Å². The number of amides is 1. The van der Waals surface area contributed by atoms with Gasteiger partial charge in [-0.2, -0.15) is 0 Å². The number of hydrogen-bond donors (Lipinski definition) is 1. The first-order valence-corrected chi connectivity index (χ1v) is 4.40. The van der Waals surface area contributed by atoms with E-state index in [9.17, 15) is 9.59 Å². The number of ether oxygens (including phenoxy) is 1. The Morgan fingerprint density at radius 2 is 2.00 bits per heavy atom.